The summed E-state index contributed by atoms with van der Waals surface area (Å²) in [5.74, 6) is 1.84. The van der Waals surface area contributed by atoms with Gasteiger partial charge in [-0.3, -0.25) is 0 Å². The van der Waals surface area contributed by atoms with Crippen molar-refractivity contribution in [3.05, 3.63) is 58.8 Å². The van der Waals surface area contributed by atoms with Crippen molar-refractivity contribution in [2.75, 3.05) is 37.9 Å². The first-order valence-corrected chi connectivity index (χ1v) is 12.4. The van der Waals surface area contributed by atoms with Crippen LogP contribution in [0.2, 0.25) is 0 Å². The van der Waals surface area contributed by atoms with E-state index in [2.05, 4.69) is 20.9 Å². The van der Waals surface area contributed by atoms with E-state index in [0.29, 0.717) is 36.1 Å². The molecule has 3 aromatic rings. The Morgan fingerprint density at radius 1 is 1.14 bits per heavy atom. The van der Waals surface area contributed by atoms with Crippen LogP contribution in [0.1, 0.15) is 36.2 Å². The lowest BCUT2D eigenvalue weighted by Gasteiger charge is -2.19. The van der Waals surface area contributed by atoms with Crippen molar-refractivity contribution in [3.8, 4) is 22.9 Å². The number of hydrogen-bond acceptors (Lipinski definition) is 9. The zero-order valence-corrected chi connectivity index (χ0v) is 22.5. The molecule has 1 atom stereocenters. The summed E-state index contributed by atoms with van der Waals surface area (Å²) in [6.45, 7) is 9.15. The van der Waals surface area contributed by atoms with Crippen LogP contribution < -0.4 is 25.4 Å². The van der Waals surface area contributed by atoms with E-state index in [1.54, 1.807) is 14.2 Å². The molecule has 198 valence electrons. The normalized spacial score (nSPS) is 11.8. The van der Waals surface area contributed by atoms with Crippen molar-refractivity contribution < 1.29 is 14.6 Å². The molecule has 1 aromatic carbocycles. The lowest BCUT2D eigenvalue weighted by molar-refractivity contribution is 0.108. The standard InChI is InChI=1S/C28H38N6O3/c1-17(2)32-27-23(13-29)26(31-15-24-18(3)10-19(4)33-28(24)36-6)12-25(34-27)20-8-7-9-22(11-20)37-16-21(35)14-30-5/h7-13,17,21,29-30,35H,14-16H2,1-6H3,(H2,31,32,34). The van der Waals surface area contributed by atoms with Crippen LogP contribution in [0.5, 0.6) is 11.6 Å². The molecule has 5 N–H and O–H groups in total. The van der Waals surface area contributed by atoms with E-state index >= 15 is 0 Å². The predicted molar refractivity (Wildman–Crippen MR) is 149 cm³/mol. The average molecular weight is 507 g/mol. The van der Waals surface area contributed by atoms with Gasteiger partial charge in [-0.2, -0.15) is 0 Å². The summed E-state index contributed by atoms with van der Waals surface area (Å²) in [6.07, 6.45) is 0.706. The number of likely N-dealkylation sites (N-methyl/N-ethyl adjacent to an activating group) is 1. The smallest absolute Gasteiger partial charge is 0.218 e. The molecule has 9 nitrogen and oxygen atoms in total. The molecule has 0 aliphatic carbocycles. The van der Waals surface area contributed by atoms with Gasteiger partial charge in [0.05, 0.1) is 18.4 Å². The summed E-state index contributed by atoms with van der Waals surface area (Å²) in [5, 5.41) is 27.9. The Bertz CT molecular complexity index is 1210. The molecule has 3 rings (SSSR count). The average Bonchev–Trinajstić information content (AvgIpc) is 2.86. The number of rotatable bonds is 13. The molecule has 1 unspecified atom stereocenters. The molecule has 0 aliphatic rings. The lowest BCUT2D eigenvalue weighted by Crippen LogP contribution is -2.29. The molecule has 9 heteroatoms. The zero-order valence-electron chi connectivity index (χ0n) is 22.5. The van der Waals surface area contributed by atoms with Crippen LogP contribution in [-0.4, -0.2) is 60.7 Å². The Morgan fingerprint density at radius 2 is 1.92 bits per heavy atom. The van der Waals surface area contributed by atoms with E-state index in [1.807, 2.05) is 64.1 Å². The minimum atomic E-state index is -0.604. The molecule has 0 amide bonds. The highest BCUT2D eigenvalue weighted by molar-refractivity contribution is 5.93. The van der Waals surface area contributed by atoms with E-state index in [0.717, 1.165) is 33.8 Å². The van der Waals surface area contributed by atoms with E-state index < -0.39 is 6.10 Å². The Labute approximate surface area is 219 Å². The number of nitrogens with one attached hydrogen (secondary N) is 4. The molecular weight excluding hydrogens is 468 g/mol. The lowest BCUT2D eigenvalue weighted by atomic mass is 10.1. The van der Waals surface area contributed by atoms with Crippen LogP contribution in [0.15, 0.2) is 36.4 Å². The maximum absolute atomic E-state index is 9.99. The monoisotopic (exact) mass is 506 g/mol. The second-order valence-electron chi connectivity index (χ2n) is 9.23. The summed E-state index contributed by atoms with van der Waals surface area (Å²) in [5.41, 5.74) is 5.94. The van der Waals surface area contributed by atoms with Gasteiger partial charge >= 0.3 is 0 Å². The number of aliphatic hydroxyl groups is 1. The Hall–Kier alpha value is -3.69. The van der Waals surface area contributed by atoms with Gasteiger partial charge < -0.3 is 35.9 Å². The van der Waals surface area contributed by atoms with Gasteiger partial charge in [-0.05, 0) is 64.6 Å². The molecule has 0 bridgehead atoms. The van der Waals surface area contributed by atoms with Gasteiger partial charge in [0.1, 0.15) is 24.3 Å². The number of aromatic nitrogens is 2. The number of aryl methyl sites for hydroxylation is 2. The van der Waals surface area contributed by atoms with E-state index in [4.69, 9.17) is 19.9 Å². The first kappa shape index (κ1) is 27.9. The number of nitrogens with zero attached hydrogens (tertiary/aromatic N) is 2. The van der Waals surface area contributed by atoms with Crippen LogP contribution in [0.4, 0.5) is 11.5 Å². The van der Waals surface area contributed by atoms with Crippen molar-refractivity contribution in [1.29, 1.82) is 5.41 Å². The topological polar surface area (TPSA) is 124 Å². The summed E-state index contributed by atoms with van der Waals surface area (Å²) >= 11 is 0. The third-order valence-corrected chi connectivity index (χ3v) is 5.73. The predicted octanol–water partition coefficient (Wildman–Crippen LogP) is 4.16. The van der Waals surface area contributed by atoms with Gasteiger partial charge in [-0.25, -0.2) is 9.97 Å². The Kier molecular flexibility index (Phi) is 9.82. The fourth-order valence-corrected chi connectivity index (χ4v) is 4.01. The molecule has 0 aliphatic heterocycles. The molecule has 2 aromatic heterocycles. The fraction of sp³-hybridized carbons (Fsp3) is 0.393. The van der Waals surface area contributed by atoms with Gasteiger partial charge in [0, 0.05) is 47.9 Å². The maximum atomic E-state index is 9.99. The van der Waals surface area contributed by atoms with E-state index in [9.17, 15) is 5.11 Å². The zero-order chi connectivity index (χ0) is 26.9. The van der Waals surface area contributed by atoms with Crippen molar-refractivity contribution in [3.63, 3.8) is 0 Å². The number of anilines is 2. The SMILES string of the molecule is CNCC(O)COc1cccc(-c2cc(NCc3c(C)cc(C)nc3OC)c(C=N)c(NC(C)C)n2)c1. The van der Waals surface area contributed by atoms with Crippen LogP contribution in [0.25, 0.3) is 11.3 Å². The van der Waals surface area contributed by atoms with E-state index in [-0.39, 0.29) is 12.6 Å². The third-order valence-electron chi connectivity index (χ3n) is 5.73. The Balaban J connectivity index is 1.98. The molecule has 0 radical (unpaired) electrons. The third kappa shape index (κ3) is 7.41. The van der Waals surface area contributed by atoms with Gasteiger partial charge in [-0.15, -0.1) is 0 Å². The van der Waals surface area contributed by atoms with E-state index in [1.165, 1.54) is 6.21 Å². The molecule has 37 heavy (non-hydrogen) atoms. The van der Waals surface area contributed by atoms with Crippen molar-refractivity contribution in [1.82, 2.24) is 15.3 Å². The maximum Gasteiger partial charge on any atom is 0.218 e. The highest BCUT2D eigenvalue weighted by atomic mass is 16.5. The van der Waals surface area contributed by atoms with Crippen LogP contribution >= 0.6 is 0 Å². The van der Waals surface area contributed by atoms with Crippen LogP contribution in [0, 0.1) is 19.3 Å². The number of benzene rings is 1. The van der Waals surface area contributed by atoms with Gasteiger partial charge in [0.15, 0.2) is 0 Å². The van der Waals surface area contributed by atoms with Crippen LogP contribution in [0.3, 0.4) is 0 Å². The summed E-state index contributed by atoms with van der Waals surface area (Å²) in [6, 6.07) is 11.7. The van der Waals surface area contributed by atoms with Crippen molar-refractivity contribution >= 4 is 17.7 Å². The highest BCUT2D eigenvalue weighted by Gasteiger charge is 2.16. The molecular formula is C28H38N6O3. The summed E-state index contributed by atoms with van der Waals surface area (Å²) in [4.78, 5) is 9.36. The second-order valence-corrected chi connectivity index (χ2v) is 9.23. The van der Waals surface area contributed by atoms with Crippen molar-refractivity contribution in [2.24, 2.45) is 0 Å². The van der Waals surface area contributed by atoms with Crippen LogP contribution in [-0.2, 0) is 6.54 Å². The Morgan fingerprint density at radius 3 is 2.59 bits per heavy atom. The first-order valence-electron chi connectivity index (χ1n) is 12.4. The molecule has 0 saturated heterocycles. The number of pyridine rings is 2. The largest absolute Gasteiger partial charge is 0.491 e. The molecule has 0 fully saturated rings. The molecule has 0 spiro atoms. The quantitative estimate of drug-likeness (QED) is 0.219. The number of ether oxygens (including phenoxy) is 2. The summed E-state index contributed by atoms with van der Waals surface area (Å²) in [7, 11) is 3.41. The van der Waals surface area contributed by atoms with Gasteiger partial charge in [-0.1, -0.05) is 12.1 Å². The second kappa shape index (κ2) is 13.0. The number of aliphatic hydroxyl groups excluding tert-OH is 1. The first-order chi connectivity index (χ1) is 17.7. The van der Waals surface area contributed by atoms with Crippen molar-refractivity contribution in [2.45, 2.75) is 46.4 Å². The molecule has 0 saturated carbocycles. The minimum absolute atomic E-state index is 0.126. The highest BCUT2D eigenvalue weighted by Crippen LogP contribution is 2.31. The minimum Gasteiger partial charge on any atom is -0.491 e. The summed E-state index contributed by atoms with van der Waals surface area (Å²) < 4.78 is 11.3. The van der Waals surface area contributed by atoms with Gasteiger partial charge in [0.25, 0.3) is 0 Å². The fourth-order valence-electron chi connectivity index (χ4n) is 4.01. The number of methoxy groups -OCH3 is 1. The molecule has 2 heterocycles. The number of hydrogen-bond donors (Lipinski definition) is 5. The van der Waals surface area contributed by atoms with Gasteiger partial charge in [0.2, 0.25) is 5.88 Å².